The lowest BCUT2D eigenvalue weighted by Gasteiger charge is -2.40. The average Bonchev–Trinajstić information content (AvgIpc) is 1.88. The molecule has 11 nitrogen and oxygen atoms in total. The smallest absolute Gasteiger partial charge is 0.305 e. The third kappa shape index (κ3) is 55.5. The van der Waals surface area contributed by atoms with Crippen molar-refractivity contribution in [3.8, 4) is 0 Å². The maximum atomic E-state index is 13.0. The monoisotopic (exact) mass is 1250 g/mol. The first-order valence-corrected chi connectivity index (χ1v) is 38.1. The lowest BCUT2D eigenvalue weighted by Crippen LogP contribution is -2.60. The van der Waals surface area contributed by atoms with Crippen LogP contribution in [-0.4, -0.2) is 100 Å². The van der Waals surface area contributed by atoms with Crippen molar-refractivity contribution in [3.05, 3.63) is 60.8 Å². The number of ether oxygens (including phenoxy) is 3. The van der Waals surface area contributed by atoms with Gasteiger partial charge in [-0.2, -0.15) is 0 Å². The quantitative estimate of drug-likeness (QED) is 0.0195. The number of amides is 1. The largest absolute Gasteiger partial charge is 0.466 e. The van der Waals surface area contributed by atoms with Crippen LogP contribution in [0.5, 0.6) is 0 Å². The summed E-state index contributed by atoms with van der Waals surface area (Å²) in [5.74, 6) is -0.181. The molecule has 0 spiro atoms. The minimum atomic E-state index is -1.57. The predicted octanol–water partition coefficient (Wildman–Crippen LogP) is 20.1. The van der Waals surface area contributed by atoms with Crippen LogP contribution in [0.25, 0.3) is 0 Å². The van der Waals surface area contributed by atoms with Gasteiger partial charge in [-0.1, -0.05) is 312 Å². The van der Waals surface area contributed by atoms with E-state index in [1.165, 1.54) is 263 Å². The third-order valence-corrected chi connectivity index (χ3v) is 17.8. The minimum Gasteiger partial charge on any atom is -0.466 e. The first-order valence-electron chi connectivity index (χ1n) is 38.1. The Kier molecular flexibility index (Phi) is 63.3. The Hall–Kier alpha value is -2.64. The first-order chi connectivity index (χ1) is 43.7. The molecular formula is C78H143NO10. The molecule has 7 atom stereocenters. The SMILES string of the molecule is CCCCCC/C=C\C/C=C\CCCCCCCCCC(=O)OCCCCCCCCCCC/C=C\C/C=C\CCCCCCCCCCCCCCCCCCCC(=O)NC(COC1OC(CO)C(O)C(O)C1O)C(O)/C=C/CCCCCCCCCC. The number of rotatable bonds is 67. The second-order valence-electron chi connectivity index (χ2n) is 26.3. The molecule has 520 valence electrons. The molecule has 1 aliphatic heterocycles. The molecule has 11 heteroatoms. The first kappa shape index (κ1) is 84.4. The molecule has 0 bridgehead atoms. The van der Waals surface area contributed by atoms with Crippen molar-refractivity contribution in [2.24, 2.45) is 0 Å². The molecule has 1 saturated heterocycles. The number of hydrogen-bond donors (Lipinski definition) is 6. The van der Waals surface area contributed by atoms with Crippen molar-refractivity contribution in [2.75, 3.05) is 19.8 Å². The van der Waals surface area contributed by atoms with Crippen LogP contribution >= 0.6 is 0 Å². The molecule has 89 heavy (non-hydrogen) atoms. The number of aliphatic hydroxyl groups excluding tert-OH is 5. The minimum absolute atomic E-state index is 0.000457. The van der Waals surface area contributed by atoms with Gasteiger partial charge in [-0.25, -0.2) is 0 Å². The molecule has 6 N–H and O–H groups in total. The van der Waals surface area contributed by atoms with Crippen molar-refractivity contribution in [1.29, 1.82) is 0 Å². The van der Waals surface area contributed by atoms with E-state index in [1.807, 2.05) is 6.08 Å². The lowest BCUT2D eigenvalue weighted by atomic mass is 9.99. The van der Waals surface area contributed by atoms with Crippen LogP contribution in [0.3, 0.4) is 0 Å². The summed E-state index contributed by atoms with van der Waals surface area (Å²) in [7, 11) is 0. The van der Waals surface area contributed by atoms with Crippen molar-refractivity contribution < 1.29 is 49.3 Å². The van der Waals surface area contributed by atoms with Crippen LogP contribution in [0, 0.1) is 0 Å². The van der Waals surface area contributed by atoms with Crippen molar-refractivity contribution in [3.63, 3.8) is 0 Å². The third-order valence-electron chi connectivity index (χ3n) is 17.8. The van der Waals surface area contributed by atoms with Crippen LogP contribution in [0.4, 0.5) is 0 Å². The predicted molar refractivity (Wildman–Crippen MR) is 375 cm³/mol. The Morgan fingerprint density at radius 1 is 0.416 bits per heavy atom. The highest BCUT2D eigenvalue weighted by molar-refractivity contribution is 5.76. The van der Waals surface area contributed by atoms with Gasteiger partial charge in [-0.05, 0) is 96.3 Å². The van der Waals surface area contributed by atoms with E-state index in [1.54, 1.807) is 6.08 Å². The molecule has 0 aromatic carbocycles. The number of carbonyl (C=O) groups excluding carboxylic acids is 2. The molecule has 0 saturated carbocycles. The Bertz CT molecular complexity index is 1660. The van der Waals surface area contributed by atoms with E-state index in [9.17, 15) is 35.1 Å². The second kappa shape index (κ2) is 66.8. The summed E-state index contributed by atoms with van der Waals surface area (Å²) in [6, 6.07) is -0.808. The Morgan fingerprint density at radius 2 is 0.753 bits per heavy atom. The number of aliphatic hydroxyl groups is 5. The highest BCUT2D eigenvalue weighted by Crippen LogP contribution is 2.23. The summed E-state index contributed by atoms with van der Waals surface area (Å²) in [6.45, 7) is 4.33. The van der Waals surface area contributed by atoms with Gasteiger partial charge in [0.05, 0.1) is 32.0 Å². The van der Waals surface area contributed by atoms with E-state index in [4.69, 9.17) is 14.2 Å². The number of esters is 1. The molecule has 0 aromatic rings. The second-order valence-corrected chi connectivity index (χ2v) is 26.3. The lowest BCUT2D eigenvalue weighted by molar-refractivity contribution is -0.302. The summed E-state index contributed by atoms with van der Waals surface area (Å²) in [5, 5.41) is 54.4. The highest BCUT2D eigenvalue weighted by Gasteiger charge is 2.44. The normalized spacial score (nSPS) is 18.0. The van der Waals surface area contributed by atoms with E-state index in [0.29, 0.717) is 19.4 Å². The van der Waals surface area contributed by atoms with E-state index >= 15 is 0 Å². The summed E-state index contributed by atoms with van der Waals surface area (Å²) in [4.78, 5) is 25.2. The van der Waals surface area contributed by atoms with E-state index in [2.05, 4.69) is 67.8 Å². The number of hydrogen-bond acceptors (Lipinski definition) is 10. The average molecular weight is 1250 g/mol. The van der Waals surface area contributed by atoms with Gasteiger partial charge in [-0.3, -0.25) is 9.59 Å². The summed E-state index contributed by atoms with van der Waals surface area (Å²) < 4.78 is 16.7. The van der Waals surface area contributed by atoms with Gasteiger partial charge in [-0.15, -0.1) is 0 Å². The van der Waals surface area contributed by atoms with Crippen molar-refractivity contribution in [2.45, 2.75) is 403 Å². The fourth-order valence-corrected chi connectivity index (χ4v) is 11.9. The van der Waals surface area contributed by atoms with Crippen LogP contribution in [0.2, 0.25) is 0 Å². The number of allylic oxidation sites excluding steroid dienone is 9. The Labute approximate surface area is 548 Å². The molecule has 7 unspecified atom stereocenters. The maximum absolute atomic E-state index is 13.0. The highest BCUT2D eigenvalue weighted by atomic mass is 16.7. The van der Waals surface area contributed by atoms with Gasteiger partial charge in [0.1, 0.15) is 24.4 Å². The summed E-state index contributed by atoms with van der Waals surface area (Å²) in [6.07, 6.45) is 79.5. The van der Waals surface area contributed by atoms with Gasteiger partial charge in [0.15, 0.2) is 6.29 Å². The number of unbranched alkanes of at least 4 members (excludes halogenated alkanes) is 45. The molecule has 0 aliphatic carbocycles. The fraction of sp³-hybridized carbons (Fsp3) is 0.846. The van der Waals surface area contributed by atoms with E-state index in [0.717, 1.165) is 70.6 Å². The maximum Gasteiger partial charge on any atom is 0.305 e. The molecule has 0 aromatic heterocycles. The van der Waals surface area contributed by atoms with E-state index in [-0.39, 0.29) is 18.5 Å². The molecule has 1 rings (SSSR count). The Morgan fingerprint density at radius 3 is 1.15 bits per heavy atom. The zero-order valence-electron chi connectivity index (χ0n) is 57.9. The molecule has 1 aliphatic rings. The molecule has 0 radical (unpaired) electrons. The van der Waals surface area contributed by atoms with Gasteiger partial charge in [0.25, 0.3) is 0 Å². The number of carbonyl (C=O) groups is 2. The van der Waals surface area contributed by atoms with Gasteiger partial charge >= 0.3 is 5.97 Å². The van der Waals surface area contributed by atoms with Gasteiger partial charge < -0.3 is 45.1 Å². The van der Waals surface area contributed by atoms with Crippen molar-refractivity contribution >= 4 is 11.9 Å². The zero-order valence-corrected chi connectivity index (χ0v) is 57.9. The Balaban J connectivity index is 1.90. The van der Waals surface area contributed by atoms with Crippen molar-refractivity contribution in [1.82, 2.24) is 5.32 Å². The summed E-state index contributed by atoms with van der Waals surface area (Å²) in [5.41, 5.74) is 0. The van der Waals surface area contributed by atoms with E-state index < -0.39 is 49.5 Å². The zero-order chi connectivity index (χ0) is 64.4. The van der Waals surface area contributed by atoms with Crippen LogP contribution in [-0.2, 0) is 23.8 Å². The van der Waals surface area contributed by atoms with Crippen LogP contribution < -0.4 is 5.32 Å². The van der Waals surface area contributed by atoms with Gasteiger partial charge in [0.2, 0.25) is 5.91 Å². The van der Waals surface area contributed by atoms with Crippen LogP contribution in [0.15, 0.2) is 60.8 Å². The fourth-order valence-electron chi connectivity index (χ4n) is 11.9. The van der Waals surface area contributed by atoms with Crippen LogP contribution in [0.1, 0.15) is 361 Å². The number of nitrogens with one attached hydrogen (secondary N) is 1. The molecular weight excluding hydrogens is 1110 g/mol. The van der Waals surface area contributed by atoms with Gasteiger partial charge in [0, 0.05) is 12.8 Å². The molecule has 1 heterocycles. The molecule has 1 amide bonds. The standard InChI is InChI=1S/C78H143NO10/c1-3-5-7-9-11-13-15-16-17-18-37-40-43-46-50-54-58-62-66-74(83)87-67-63-59-55-51-47-44-41-38-35-33-31-29-27-25-23-21-19-20-22-24-26-28-30-32-34-36-39-42-45-49-53-57-61-65-73(82)79-70(69-88-78-77(86)76(85)75(84)72(68-80)89-78)71(81)64-60-56-52-48-14-12-10-8-6-4-2/h13,15,17-18,23,25,29,31,60,64,70-72,75-78,80-81,84-86H,3-12,14,16,19-22,24,26-28,30,32-59,61-63,65-69H2,1-2H3,(H,79,82)/b15-13-,18-17-,25-23-,31-29-,64-60+. The topological polar surface area (TPSA) is 175 Å². The molecule has 1 fully saturated rings. The summed E-state index contributed by atoms with van der Waals surface area (Å²) >= 11 is 0.